The molecule has 3 rings (SSSR count). The summed E-state index contributed by atoms with van der Waals surface area (Å²) in [7, 11) is 0. The summed E-state index contributed by atoms with van der Waals surface area (Å²) < 4.78 is 5.06. The Labute approximate surface area is 129 Å². The molecule has 1 aliphatic carbocycles. The average Bonchev–Trinajstić information content (AvgIpc) is 3.04. The van der Waals surface area contributed by atoms with Crippen molar-refractivity contribution in [3.05, 3.63) is 34.2 Å². The van der Waals surface area contributed by atoms with E-state index in [9.17, 15) is 14.4 Å². The smallest absolute Gasteiger partial charge is 0.307 e. The number of hydrogen-bond acceptors (Lipinski definition) is 6. The molecule has 7 nitrogen and oxygen atoms in total. The lowest BCUT2D eigenvalue weighted by Crippen LogP contribution is -2.25. The molecular formula is C14H12N2O5S. The topological polar surface area (TPSA) is 110 Å². The highest BCUT2D eigenvalue weighted by molar-refractivity contribution is 7.17. The van der Waals surface area contributed by atoms with Crippen molar-refractivity contribution in [3.63, 3.8) is 0 Å². The van der Waals surface area contributed by atoms with Crippen molar-refractivity contribution in [2.75, 3.05) is 5.32 Å². The molecule has 0 saturated heterocycles. The summed E-state index contributed by atoms with van der Waals surface area (Å²) in [6, 6.07) is 1.55. The first-order valence-electron chi connectivity index (χ1n) is 6.57. The van der Waals surface area contributed by atoms with Crippen molar-refractivity contribution < 1.29 is 23.9 Å². The number of hydrogen-bond donors (Lipinski definition) is 2. The van der Waals surface area contributed by atoms with Crippen LogP contribution in [0.2, 0.25) is 0 Å². The highest BCUT2D eigenvalue weighted by Gasteiger charge is 2.33. The lowest BCUT2D eigenvalue weighted by atomic mass is 9.90. The molecule has 1 aliphatic rings. The Kier molecular flexibility index (Phi) is 3.53. The second-order valence-corrected chi connectivity index (χ2v) is 6.01. The molecule has 2 heterocycles. The number of thiazole rings is 1. The number of anilines is 1. The summed E-state index contributed by atoms with van der Waals surface area (Å²) in [5, 5.41) is 11.9. The molecule has 2 aromatic rings. The maximum Gasteiger partial charge on any atom is 0.307 e. The fourth-order valence-corrected chi connectivity index (χ4v) is 3.28. The molecule has 1 atom stereocenters. The number of aryl methyl sites for hydroxylation is 1. The molecule has 0 radical (unpaired) electrons. The second kappa shape index (κ2) is 5.38. The van der Waals surface area contributed by atoms with Gasteiger partial charge in [-0.05, 0) is 13.0 Å². The SMILES string of the molecule is Cc1occc1C(=O)Nc1nc2c(s1)C(=O)C[C@H](C(=O)O)C2. The van der Waals surface area contributed by atoms with Gasteiger partial charge in [0.05, 0.1) is 28.3 Å². The lowest BCUT2D eigenvalue weighted by molar-refractivity contribution is -0.141. The van der Waals surface area contributed by atoms with Gasteiger partial charge >= 0.3 is 5.97 Å². The van der Waals surface area contributed by atoms with Crippen LogP contribution in [0.3, 0.4) is 0 Å². The molecule has 0 spiro atoms. The molecule has 0 unspecified atom stereocenters. The molecule has 2 aromatic heterocycles. The largest absolute Gasteiger partial charge is 0.481 e. The van der Waals surface area contributed by atoms with Gasteiger partial charge in [0.25, 0.3) is 5.91 Å². The van der Waals surface area contributed by atoms with Gasteiger partial charge in [0.2, 0.25) is 0 Å². The number of Topliss-reactive ketones (excluding diaryl/α,β-unsaturated/α-hetero) is 1. The Morgan fingerprint density at radius 2 is 2.23 bits per heavy atom. The number of fused-ring (bicyclic) bond motifs is 1. The van der Waals surface area contributed by atoms with Gasteiger partial charge in [0.15, 0.2) is 10.9 Å². The fourth-order valence-electron chi connectivity index (χ4n) is 2.34. The van der Waals surface area contributed by atoms with Crippen LogP contribution in [-0.4, -0.2) is 27.8 Å². The van der Waals surface area contributed by atoms with Gasteiger partial charge in [-0.1, -0.05) is 11.3 Å². The van der Waals surface area contributed by atoms with Crippen LogP contribution in [0.1, 0.15) is 37.9 Å². The zero-order valence-corrected chi connectivity index (χ0v) is 12.4. The Morgan fingerprint density at radius 3 is 2.86 bits per heavy atom. The van der Waals surface area contributed by atoms with E-state index in [4.69, 9.17) is 9.52 Å². The van der Waals surface area contributed by atoms with E-state index in [1.807, 2.05) is 0 Å². The monoisotopic (exact) mass is 320 g/mol. The van der Waals surface area contributed by atoms with Crippen LogP contribution in [0.15, 0.2) is 16.7 Å². The van der Waals surface area contributed by atoms with Gasteiger partial charge in [0.1, 0.15) is 5.76 Å². The van der Waals surface area contributed by atoms with Crippen LogP contribution in [0, 0.1) is 12.8 Å². The molecule has 8 heteroatoms. The van der Waals surface area contributed by atoms with Gasteiger partial charge in [0, 0.05) is 12.8 Å². The maximum atomic E-state index is 12.1. The van der Waals surface area contributed by atoms with Crippen LogP contribution in [0.4, 0.5) is 5.13 Å². The summed E-state index contributed by atoms with van der Waals surface area (Å²) >= 11 is 1.07. The number of nitrogens with zero attached hydrogens (tertiary/aromatic N) is 1. The van der Waals surface area contributed by atoms with Crippen molar-refractivity contribution in [2.45, 2.75) is 19.8 Å². The number of carbonyl (C=O) groups is 3. The highest BCUT2D eigenvalue weighted by atomic mass is 32.1. The molecule has 0 bridgehead atoms. The van der Waals surface area contributed by atoms with Gasteiger partial charge < -0.3 is 9.52 Å². The summed E-state index contributed by atoms with van der Waals surface area (Å²) in [5.41, 5.74) is 0.829. The predicted octanol–water partition coefficient (Wildman–Crippen LogP) is 2.13. The third kappa shape index (κ3) is 2.52. The van der Waals surface area contributed by atoms with Crippen LogP contribution in [-0.2, 0) is 11.2 Å². The molecule has 0 aromatic carbocycles. The number of furan rings is 1. The normalized spacial score (nSPS) is 17.1. The minimum atomic E-state index is -1.01. The lowest BCUT2D eigenvalue weighted by Gasteiger charge is -2.15. The molecule has 114 valence electrons. The second-order valence-electron chi connectivity index (χ2n) is 5.01. The highest BCUT2D eigenvalue weighted by Crippen LogP contribution is 2.32. The van der Waals surface area contributed by atoms with Crippen molar-refractivity contribution in [1.29, 1.82) is 0 Å². The zero-order chi connectivity index (χ0) is 15.9. The first-order chi connectivity index (χ1) is 10.5. The van der Waals surface area contributed by atoms with Gasteiger partial charge in [-0.3, -0.25) is 19.7 Å². The molecule has 2 N–H and O–H groups in total. The van der Waals surface area contributed by atoms with E-state index in [1.165, 1.54) is 6.26 Å². The van der Waals surface area contributed by atoms with Crippen molar-refractivity contribution in [2.24, 2.45) is 5.92 Å². The minimum absolute atomic E-state index is 0.0290. The van der Waals surface area contributed by atoms with Crippen molar-refractivity contribution in [3.8, 4) is 0 Å². The Morgan fingerprint density at radius 1 is 1.45 bits per heavy atom. The van der Waals surface area contributed by atoms with Gasteiger partial charge in [-0.25, -0.2) is 4.98 Å². The number of rotatable bonds is 3. The molecular weight excluding hydrogens is 308 g/mol. The standard InChI is InChI=1S/C14H12N2O5S/c1-6-8(2-3-21-6)12(18)16-14-15-9-4-7(13(19)20)5-10(17)11(9)22-14/h2-3,7H,4-5H2,1H3,(H,19,20)(H,15,16,18)/t7-/m1/s1. The summed E-state index contributed by atoms with van der Waals surface area (Å²) in [5.74, 6) is -1.89. The van der Waals surface area contributed by atoms with Crippen LogP contribution in [0.25, 0.3) is 0 Å². The zero-order valence-electron chi connectivity index (χ0n) is 11.6. The Balaban J connectivity index is 1.82. The number of ketones is 1. The van der Waals surface area contributed by atoms with Crippen LogP contribution < -0.4 is 5.32 Å². The number of aliphatic carboxylic acids is 1. The maximum absolute atomic E-state index is 12.1. The molecule has 0 saturated carbocycles. The summed E-state index contributed by atoms with van der Waals surface area (Å²) in [4.78, 5) is 39.7. The van der Waals surface area contributed by atoms with E-state index in [-0.39, 0.29) is 29.7 Å². The fraction of sp³-hybridized carbons (Fsp3) is 0.286. The van der Waals surface area contributed by atoms with E-state index in [2.05, 4.69) is 10.3 Å². The minimum Gasteiger partial charge on any atom is -0.481 e. The van der Waals surface area contributed by atoms with Crippen LogP contribution in [0.5, 0.6) is 0 Å². The predicted molar refractivity (Wildman–Crippen MR) is 77.3 cm³/mol. The first-order valence-corrected chi connectivity index (χ1v) is 7.38. The van der Waals surface area contributed by atoms with E-state index in [0.717, 1.165) is 11.3 Å². The van der Waals surface area contributed by atoms with Gasteiger partial charge in [-0.15, -0.1) is 0 Å². The third-order valence-electron chi connectivity index (χ3n) is 3.50. The molecule has 0 fully saturated rings. The first kappa shape index (κ1) is 14.5. The van der Waals surface area contributed by atoms with E-state index >= 15 is 0 Å². The molecule has 1 amide bonds. The number of aromatic nitrogens is 1. The van der Waals surface area contributed by atoms with E-state index in [1.54, 1.807) is 13.0 Å². The molecule has 22 heavy (non-hydrogen) atoms. The quantitative estimate of drug-likeness (QED) is 0.896. The van der Waals surface area contributed by atoms with Crippen LogP contribution >= 0.6 is 11.3 Å². The summed E-state index contributed by atoms with van der Waals surface area (Å²) in [6.45, 7) is 1.67. The number of carbonyl (C=O) groups excluding carboxylic acids is 2. The molecule has 0 aliphatic heterocycles. The van der Waals surface area contributed by atoms with Crippen molar-refractivity contribution in [1.82, 2.24) is 4.98 Å². The Bertz CT molecular complexity index is 776. The van der Waals surface area contributed by atoms with E-state index < -0.39 is 11.9 Å². The summed E-state index contributed by atoms with van der Waals surface area (Å²) in [6.07, 6.45) is 1.59. The van der Waals surface area contributed by atoms with E-state index in [0.29, 0.717) is 21.9 Å². The number of nitrogens with one attached hydrogen (secondary N) is 1. The van der Waals surface area contributed by atoms with Crippen molar-refractivity contribution >= 4 is 34.1 Å². The third-order valence-corrected chi connectivity index (χ3v) is 4.55. The number of carboxylic acids is 1. The van der Waals surface area contributed by atoms with Gasteiger partial charge in [-0.2, -0.15) is 0 Å². The number of amides is 1. The number of carboxylic acid groups (broad SMARTS) is 1. The Hall–Kier alpha value is -2.48. The average molecular weight is 320 g/mol.